The number of nitrogens with zero attached hydrogens (tertiary/aromatic N) is 4. The Hall–Kier alpha value is -3.26. The molecular formula is C32H39FN6S. The van der Waals surface area contributed by atoms with Gasteiger partial charge < -0.3 is 20.4 Å². The third-order valence-electron chi connectivity index (χ3n) is 9.05. The molecule has 1 saturated heterocycles. The van der Waals surface area contributed by atoms with Gasteiger partial charge in [0, 0.05) is 44.2 Å². The molecule has 6 rings (SSSR count). The van der Waals surface area contributed by atoms with Gasteiger partial charge in [-0.3, -0.25) is 0 Å². The zero-order chi connectivity index (χ0) is 27.5. The van der Waals surface area contributed by atoms with Crippen LogP contribution in [-0.4, -0.2) is 34.7 Å². The fourth-order valence-electron chi connectivity index (χ4n) is 6.53. The molecule has 2 aromatic carbocycles. The largest absolute Gasteiger partial charge is 0.361 e. The second-order valence-electron chi connectivity index (χ2n) is 11.9. The Bertz CT molecular complexity index is 1310. The number of benzene rings is 2. The van der Waals surface area contributed by atoms with Crippen LogP contribution < -0.4 is 20.4 Å². The monoisotopic (exact) mass is 558 g/mol. The third kappa shape index (κ3) is 5.92. The molecule has 2 fully saturated rings. The van der Waals surface area contributed by atoms with E-state index < -0.39 is 0 Å². The summed E-state index contributed by atoms with van der Waals surface area (Å²) in [5.74, 6) is 2.94. The number of halogens is 1. The molecule has 40 heavy (non-hydrogen) atoms. The molecule has 210 valence electrons. The van der Waals surface area contributed by atoms with Crippen LogP contribution in [0.1, 0.15) is 68.6 Å². The number of hydrogen-bond donors (Lipinski definition) is 2. The van der Waals surface area contributed by atoms with Crippen LogP contribution in [0.2, 0.25) is 0 Å². The fourth-order valence-corrected chi connectivity index (χ4v) is 6.69. The summed E-state index contributed by atoms with van der Waals surface area (Å²) in [5.41, 5.74) is 3.81. The number of thiocarbonyl (C=S) groups is 1. The van der Waals surface area contributed by atoms with Crippen molar-refractivity contribution in [2.24, 2.45) is 5.92 Å². The quantitative estimate of drug-likeness (QED) is 0.332. The van der Waals surface area contributed by atoms with Crippen molar-refractivity contribution in [3.63, 3.8) is 0 Å². The Morgan fingerprint density at radius 3 is 2.20 bits per heavy atom. The summed E-state index contributed by atoms with van der Waals surface area (Å²) in [6.45, 7) is 6.70. The normalized spacial score (nSPS) is 18.9. The maximum absolute atomic E-state index is 13.7. The number of hydrogen-bond acceptors (Lipinski definition) is 5. The lowest BCUT2D eigenvalue weighted by Crippen LogP contribution is -2.43. The van der Waals surface area contributed by atoms with Crippen molar-refractivity contribution in [3.8, 4) is 0 Å². The summed E-state index contributed by atoms with van der Waals surface area (Å²) in [6, 6.07) is 17.7. The molecule has 1 aromatic heterocycles. The molecule has 1 saturated carbocycles. The van der Waals surface area contributed by atoms with Crippen LogP contribution in [0.4, 0.5) is 22.0 Å². The second kappa shape index (κ2) is 11.7. The van der Waals surface area contributed by atoms with Crippen molar-refractivity contribution in [2.75, 3.05) is 34.8 Å². The van der Waals surface area contributed by atoms with E-state index in [4.69, 9.17) is 22.2 Å². The van der Waals surface area contributed by atoms with E-state index in [1.54, 1.807) is 12.1 Å². The molecule has 3 aromatic rings. The van der Waals surface area contributed by atoms with E-state index in [0.717, 1.165) is 56.6 Å². The van der Waals surface area contributed by atoms with Crippen LogP contribution >= 0.6 is 12.2 Å². The average Bonchev–Trinajstić information content (AvgIpc) is 3.42. The van der Waals surface area contributed by atoms with E-state index in [1.165, 1.54) is 48.8 Å². The zero-order valence-corrected chi connectivity index (χ0v) is 24.2. The molecule has 0 unspecified atom stereocenters. The van der Waals surface area contributed by atoms with E-state index in [0.29, 0.717) is 17.6 Å². The molecule has 0 atom stereocenters. The summed E-state index contributed by atoms with van der Waals surface area (Å²) in [6.07, 6.45) is 8.04. The summed E-state index contributed by atoms with van der Waals surface area (Å²) in [7, 11) is 0. The molecule has 2 N–H and O–H groups in total. The van der Waals surface area contributed by atoms with Gasteiger partial charge in [0.05, 0.1) is 0 Å². The molecule has 6 nitrogen and oxygen atoms in total. The Kier molecular flexibility index (Phi) is 7.87. The van der Waals surface area contributed by atoms with Gasteiger partial charge in [0.1, 0.15) is 17.5 Å². The van der Waals surface area contributed by atoms with Crippen molar-refractivity contribution in [3.05, 3.63) is 77.1 Å². The lowest BCUT2D eigenvalue weighted by atomic mass is 9.69. The summed E-state index contributed by atoms with van der Waals surface area (Å²) in [5, 5.41) is 7.32. The number of nitrogens with one attached hydrogen (secondary N) is 2. The highest BCUT2D eigenvalue weighted by Crippen LogP contribution is 2.39. The maximum atomic E-state index is 13.7. The van der Waals surface area contributed by atoms with E-state index in [9.17, 15) is 4.39 Å². The first-order valence-electron chi connectivity index (χ1n) is 14.7. The molecule has 8 heteroatoms. The SMILES string of the molecule is CC1CCN(c2cc(N3Cc4ccccc4C3)nc(NC(=S)NCC3(c4ccc(F)cc4)CCCCC3)n2)CC1. The first kappa shape index (κ1) is 26.9. The molecule has 0 bridgehead atoms. The predicted octanol–water partition coefficient (Wildman–Crippen LogP) is 6.56. The lowest BCUT2D eigenvalue weighted by Gasteiger charge is -2.38. The smallest absolute Gasteiger partial charge is 0.232 e. The Morgan fingerprint density at radius 2 is 1.55 bits per heavy atom. The van der Waals surface area contributed by atoms with Gasteiger partial charge >= 0.3 is 0 Å². The molecular weight excluding hydrogens is 519 g/mol. The van der Waals surface area contributed by atoms with E-state index in [2.05, 4.69) is 57.7 Å². The highest BCUT2D eigenvalue weighted by atomic mass is 32.1. The number of piperidine rings is 1. The maximum Gasteiger partial charge on any atom is 0.232 e. The third-order valence-corrected chi connectivity index (χ3v) is 9.30. The van der Waals surface area contributed by atoms with Gasteiger partial charge in [-0.15, -0.1) is 0 Å². The number of anilines is 3. The minimum atomic E-state index is -0.197. The van der Waals surface area contributed by atoms with Crippen LogP contribution in [0.25, 0.3) is 0 Å². The molecule has 2 aliphatic heterocycles. The van der Waals surface area contributed by atoms with Crippen molar-refractivity contribution in [1.82, 2.24) is 15.3 Å². The van der Waals surface area contributed by atoms with Crippen LogP contribution in [0.5, 0.6) is 0 Å². The first-order valence-corrected chi connectivity index (χ1v) is 15.1. The minimum Gasteiger partial charge on any atom is -0.361 e. The molecule has 1 aliphatic carbocycles. The van der Waals surface area contributed by atoms with Gasteiger partial charge in [0.15, 0.2) is 5.11 Å². The number of aromatic nitrogens is 2. The van der Waals surface area contributed by atoms with Crippen molar-refractivity contribution in [1.29, 1.82) is 0 Å². The average molecular weight is 559 g/mol. The molecule has 0 spiro atoms. The standard InChI is InChI=1S/C32H39FN6S/c1-23-13-17-38(18-14-23)28-19-29(39-20-24-7-3-4-8-25(24)21-39)36-30(35-28)37-31(40)34-22-32(15-5-2-6-16-32)26-9-11-27(33)12-10-26/h3-4,7-12,19,23H,2,5-6,13-18,20-22H2,1H3,(H2,34,35,36,37,40). The van der Waals surface area contributed by atoms with Crippen LogP contribution in [-0.2, 0) is 18.5 Å². The number of fused-ring (bicyclic) bond motifs is 1. The van der Waals surface area contributed by atoms with Crippen LogP contribution in [0, 0.1) is 11.7 Å². The second-order valence-corrected chi connectivity index (χ2v) is 12.3. The Morgan fingerprint density at radius 1 is 0.925 bits per heavy atom. The Balaban J connectivity index is 1.20. The molecule has 0 radical (unpaired) electrons. The topological polar surface area (TPSA) is 56.3 Å². The predicted molar refractivity (Wildman–Crippen MR) is 164 cm³/mol. The highest BCUT2D eigenvalue weighted by molar-refractivity contribution is 7.80. The van der Waals surface area contributed by atoms with Gasteiger partial charge in [-0.2, -0.15) is 9.97 Å². The van der Waals surface area contributed by atoms with Gasteiger partial charge in [0.25, 0.3) is 0 Å². The van der Waals surface area contributed by atoms with Gasteiger partial charge in [-0.1, -0.05) is 62.6 Å². The van der Waals surface area contributed by atoms with E-state index in [1.807, 2.05) is 12.1 Å². The zero-order valence-electron chi connectivity index (χ0n) is 23.3. The van der Waals surface area contributed by atoms with Crippen LogP contribution in [0.15, 0.2) is 54.6 Å². The van der Waals surface area contributed by atoms with E-state index >= 15 is 0 Å². The lowest BCUT2D eigenvalue weighted by molar-refractivity contribution is 0.292. The molecule has 0 amide bonds. The van der Waals surface area contributed by atoms with Gasteiger partial charge in [-0.25, -0.2) is 4.39 Å². The number of rotatable bonds is 6. The van der Waals surface area contributed by atoms with Gasteiger partial charge in [-0.05, 0) is 72.6 Å². The fraction of sp³-hybridized carbons (Fsp3) is 0.469. The summed E-state index contributed by atoms with van der Waals surface area (Å²) in [4.78, 5) is 14.6. The minimum absolute atomic E-state index is 0.0582. The van der Waals surface area contributed by atoms with E-state index in [-0.39, 0.29) is 11.2 Å². The Labute approximate surface area is 242 Å². The highest BCUT2D eigenvalue weighted by Gasteiger charge is 2.34. The summed E-state index contributed by atoms with van der Waals surface area (Å²) >= 11 is 5.79. The van der Waals surface area contributed by atoms with Gasteiger partial charge in [0.2, 0.25) is 5.95 Å². The van der Waals surface area contributed by atoms with Crippen LogP contribution in [0.3, 0.4) is 0 Å². The molecule has 3 heterocycles. The van der Waals surface area contributed by atoms with Crippen molar-refractivity contribution in [2.45, 2.75) is 70.4 Å². The first-order chi connectivity index (χ1) is 19.5. The summed E-state index contributed by atoms with van der Waals surface area (Å²) < 4.78 is 13.7. The molecule has 3 aliphatic rings. The van der Waals surface area contributed by atoms with Crippen molar-refractivity contribution < 1.29 is 4.39 Å². The van der Waals surface area contributed by atoms with Crippen molar-refractivity contribution >= 4 is 34.9 Å².